The largest absolute Gasteiger partial charge is 0.463 e. The van der Waals surface area contributed by atoms with Crippen molar-refractivity contribution in [3.63, 3.8) is 0 Å². The summed E-state index contributed by atoms with van der Waals surface area (Å²) in [5, 5.41) is 2.69. The molecule has 1 aliphatic rings. The molecule has 132 valence electrons. The molecule has 1 fully saturated rings. The van der Waals surface area contributed by atoms with Crippen LogP contribution in [0.25, 0.3) is 16.7 Å². The molecule has 4 rings (SSSR count). The van der Waals surface area contributed by atoms with E-state index in [0.717, 1.165) is 20.0 Å². The fourth-order valence-electron chi connectivity index (χ4n) is 3.04. The highest BCUT2D eigenvalue weighted by Crippen LogP contribution is 2.40. The Labute approximate surface area is 146 Å². The Hall–Kier alpha value is -3.42. The van der Waals surface area contributed by atoms with Crippen LogP contribution in [0.2, 0.25) is 0 Å². The number of ether oxygens (including phenoxy) is 1. The highest BCUT2D eigenvalue weighted by molar-refractivity contribution is 6.41. The summed E-state index contributed by atoms with van der Waals surface area (Å²) in [4.78, 5) is 52.7. The Kier molecular flexibility index (Phi) is 3.61. The lowest BCUT2D eigenvalue weighted by Gasteiger charge is -2.06. The predicted molar refractivity (Wildman–Crippen MR) is 92.8 cm³/mol. The van der Waals surface area contributed by atoms with Gasteiger partial charge in [0.25, 0.3) is 11.3 Å². The van der Waals surface area contributed by atoms with Crippen molar-refractivity contribution in [1.29, 1.82) is 0 Å². The zero-order valence-corrected chi connectivity index (χ0v) is 13.9. The number of rotatable bonds is 4. The van der Waals surface area contributed by atoms with E-state index in [2.05, 4.69) is 14.8 Å². The maximum Gasteiger partial charge on any atom is 0.379 e. The number of aromatic amines is 2. The molecule has 26 heavy (non-hydrogen) atoms. The van der Waals surface area contributed by atoms with E-state index in [4.69, 9.17) is 0 Å². The van der Waals surface area contributed by atoms with E-state index in [9.17, 15) is 19.2 Å². The smallest absolute Gasteiger partial charge is 0.379 e. The molecule has 0 atom stereocenters. The normalized spacial score (nSPS) is 13.7. The van der Waals surface area contributed by atoms with Crippen LogP contribution in [0, 0.1) is 0 Å². The second-order valence-electron chi connectivity index (χ2n) is 6.18. The van der Waals surface area contributed by atoms with Crippen LogP contribution in [-0.2, 0) is 9.53 Å². The summed E-state index contributed by atoms with van der Waals surface area (Å²) < 4.78 is 5.69. The van der Waals surface area contributed by atoms with Gasteiger partial charge in [-0.2, -0.15) is 0 Å². The van der Waals surface area contributed by atoms with Crippen molar-refractivity contribution in [2.45, 2.75) is 18.8 Å². The number of H-pyrrole nitrogens is 2. The first kappa shape index (κ1) is 16.1. The molecule has 0 saturated heterocycles. The van der Waals surface area contributed by atoms with Crippen LogP contribution in [0.5, 0.6) is 0 Å². The number of nitrogens with zero attached hydrogens (tertiary/aromatic N) is 1. The lowest BCUT2D eigenvalue weighted by atomic mass is 10.0. The topological polar surface area (TPSA) is 114 Å². The van der Waals surface area contributed by atoms with E-state index in [0.29, 0.717) is 11.4 Å². The molecule has 2 aromatic heterocycles. The molecule has 0 aliphatic heterocycles. The maximum atomic E-state index is 12.9. The van der Waals surface area contributed by atoms with Crippen LogP contribution >= 0.6 is 0 Å². The molecule has 8 heteroatoms. The SMILES string of the molecule is COC(=O)C(=O)c1c(C2CC2)[nH]c2[nH]n(-c3ccccc3)c(=O)c2c1=O. The summed E-state index contributed by atoms with van der Waals surface area (Å²) in [5.74, 6) is -2.18. The fraction of sp³-hybridized carbons (Fsp3) is 0.222. The van der Waals surface area contributed by atoms with Crippen molar-refractivity contribution >= 4 is 22.8 Å². The zero-order chi connectivity index (χ0) is 18.4. The van der Waals surface area contributed by atoms with Gasteiger partial charge in [-0.15, -0.1) is 0 Å². The molecule has 0 bridgehead atoms. The van der Waals surface area contributed by atoms with E-state index in [-0.39, 0.29) is 22.5 Å². The van der Waals surface area contributed by atoms with E-state index >= 15 is 0 Å². The van der Waals surface area contributed by atoms with Crippen LogP contribution in [0.4, 0.5) is 0 Å². The number of pyridine rings is 1. The second-order valence-corrected chi connectivity index (χ2v) is 6.18. The van der Waals surface area contributed by atoms with Gasteiger partial charge < -0.3 is 9.72 Å². The number of nitrogens with one attached hydrogen (secondary N) is 2. The molecule has 2 N–H and O–H groups in total. The van der Waals surface area contributed by atoms with E-state index in [1.165, 1.54) is 4.68 Å². The van der Waals surface area contributed by atoms with Gasteiger partial charge in [-0.1, -0.05) is 18.2 Å². The number of esters is 1. The first-order chi connectivity index (χ1) is 12.5. The number of Topliss-reactive ketones (excluding diaryl/α,β-unsaturated/α-hetero) is 1. The van der Waals surface area contributed by atoms with Gasteiger partial charge in [0.1, 0.15) is 11.0 Å². The lowest BCUT2D eigenvalue weighted by molar-refractivity contribution is -0.135. The third-order valence-corrected chi connectivity index (χ3v) is 4.47. The number of benzene rings is 1. The first-order valence-electron chi connectivity index (χ1n) is 8.12. The zero-order valence-electron chi connectivity index (χ0n) is 13.9. The maximum absolute atomic E-state index is 12.9. The predicted octanol–water partition coefficient (Wildman–Crippen LogP) is 1.24. The lowest BCUT2D eigenvalue weighted by Crippen LogP contribution is -2.28. The standard InChI is InChI=1S/C18H15N3O5/c1-26-18(25)15(23)11-13(9-7-8-9)19-16-12(14(11)22)17(24)21(20-16)10-5-3-2-4-6-10/h2-6,9H,7-8H2,1H3,(H2,19,20,22). The summed E-state index contributed by atoms with van der Waals surface area (Å²) in [5.41, 5.74) is -0.495. The molecule has 0 amide bonds. The molecule has 2 heterocycles. The average Bonchev–Trinajstić information content (AvgIpc) is 3.45. The Balaban J connectivity index is 2.02. The minimum absolute atomic E-state index is 0.0146. The van der Waals surface area contributed by atoms with Gasteiger partial charge >= 0.3 is 5.97 Å². The van der Waals surface area contributed by atoms with Crippen molar-refractivity contribution in [3.8, 4) is 5.69 Å². The third kappa shape index (κ3) is 2.38. The Morgan fingerprint density at radius 1 is 1.15 bits per heavy atom. The molecular formula is C18H15N3O5. The average molecular weight is 353 g/mol. The monoisotopic (exact) mass is 353 g/mol. The summed E-state index contributed by atoms with van der Waals surface area (Å²) in [6.45, 7) is 0. The molecule has 1 aliphatic carbocycles. The Morgan fingerprint density at radius 3 is 2.46 bits per heavy atom. The molecule has 0 unspecified atom stereocenters. The van der Waals surface area contributed by atoms with Gasteiger partial charge in [0.2, 0.25) is 5.43 Å². The third-order valence-electron chi connectivity index (χ3n) is 4.47. The van der Waals surface area contributed by atoms with Gasteiger partial charge in [0, 0.05) is 5.69 Å². The molecule has 1 aromatic carbocycles. The van der Waals surface area contributed by atoms with Gasteiger partial charge in [-0.05, 0) is 30.9 Å². The number of ketones is 1. The summed E-state index contributed by atoms with van der Waals surface area (Å²) in [6.07, 6.45) is 1.60. The fourth-order valence-corrected chi connectivity index (χ4v) is 3.04. The van der Waals surface area contributed by atoms with Crippen molar-refractivity contribution in [2.75, 3.05) is 7.11 Å². The number of carbonyl (C=O) groups excluding carboxylic acids is 2. The number of hydrogen-bond donors (Lipinski definition) is 2. The first-order valence-corrected chi connectivity index (χ1v) is 8.12. The highest BCUT2D eigenvalue weighted by Gasteiger charge is 2.35. The highest BCUT2D eigenvalue weighted by atomic mass is 16.5. The van der Waals surface area contributed by atoms with Gasteiger partial charge in [0.15, 0.2) is 0 Å². The number of carbonyl (C=O) groups is 2. The van der Waals surface area contributed by atoms with E-state index in [1.807, 2.05) is 0 Å². The van der Waals surface area contributed by atoms with Crippen LogP contribution in [-0.4, -0.2) is 33.6 Å². The summed E-state index contributed by atoms with van der Waals surface area (Å²) in [6, 6.07) is 8.75. The second kappa shape index (κ2) is 5.83. The molecule has 1 saturated carbocycles. The molecule has 8 nitrogen and oxygen atoms in total. The van der Waals surface area contributed by atoms with Crippen molar-refractivity contribution in [2.24, 2.45) is 0 Å². The number of hydrogen-bond acceptors (Lipinski definition) is 5. The molecule has 3 aromatic rings. The van der Waals surface area contributed by atoms with Crippen molar-refractivity contribution in [1.82, 2.24) is 14.8 Å². The minimum Gasteiger partial charge on any atom is -0.463 e. The Morgan fingerprint density at radius 2 is 1.85 bits per heavy atom. The van der Waals surface area contributed by atoms with Crippen molar-refractivity contribution < 1.29 is 14.3 Å². The van der Waals surface area contributed by atoms with Crippen molar-refractivity contribution in [3.05, 3.63) is 62.2 Å². The van der Waals surface area contributed by atoms with Crippen LogP contribution < -0.4 is 11.0 Å². The number of aromatic nitrogens is 3. The minimum atomic E-state index is -1.13. The molecule has 0 spiro atoms. The number of para-hydroxylation sites is 1. The van der Waals surface area contributed by atoms with Gasteiger partial charge in [-0.3, -0.25) is 19.5 Å². The quantitative estimate of drug-likeness (QED) is 0.416. The van der Waals surface area contributed by atoms with Crippen LogP contribution in [0.3, 0.4) is 0 Å². The van der Waals surface area contributed by atoms with Gasteiger partial charge in [-0.25, -0.2) is 9.48 Å². The Bertz CT molecular complexity index is 1150. The van der Waals surface area contributed by atoms with Crippen LogP contribution in [0.15, 0.2) is 39.9 Å². The van der Waals surface area contributed by atoms with Gasteiger partial charge in [0.05, 0.1) is 18.4 Å². The molecular weight excluding hydrogens is 338 g/mol. The van der Waals surface area contributed by atoms with E-state index < -0.39 is 22.7 Å². The summed E-state index contributed by atoms with van der Waals surface area (Å²) >= 11 is 0. The van der Waals surface area contributed by atoms with Crippen LogP contribution in [0.1, 0.15) is 34.8 Å². The van der Waals surface area contributed by atoms with E-state index in [1.54, 1.807) is 30.3 Å². The molecule has 0 radical (unpaired) electrons. The number of methoxy groups -OCH3 is 1. The summed E-state index contributed by atoms with van der Waals surface area (Å²) in [7, 11) is 1.07. The number of fused-ring (bicyclic) bond motifs is 1.